The lowest BCUT2D eigenvalue weighted by molar-refractivity contribution is -0.139. The summed E-state index contributed by atoms with van der Waals surface area (Å²) in [5, 5.41) is 13.3. The van der Waals surface area contributed by atoms with Crippen molar-refractivity contribution in [3.8, 4) is 0 Å². The minimum absolute atomic E-state index is 0.0542. The van der Waals surface area contributed by atoms with Gasteiger partial charge in [0.2, 0.25) is 18.2 Å². The zero-order chi connectivity index (χ0) is 40.3. The van der Waals surface area contributed by atoms with Gasteiger partial charge in [-0.2, -0.15) is 0 Å². The first-order chi connectivity index (χ1) is 27.5. The smallest absolute Gasteiger partial charge is 0.329 e. The number of carbonyl (C=O) groups excluding carboxylic acids is 7. The van der Waals surface area contributed by atoms with Crippen LogP contribution in [0.1, 0.15) is 89.1 Å². The van der Waals surface area contributed by atoms with E-state index in [-0.39, 0.29) is 30.6 Å². The predicted molar refractivity (Wildman–Crippen MR) is 213 cm³/mol. The molecule has 1 atom stereocenters. The van der Waals surface area contributed by atoms with Crippen LogP contribution in [0, 0.1) is 6.92 Å². The molecule has 1 saturated carbocycles. The number of aromatic nitrogens is 1. The maximum Gasteiger partial charge on any atom is 0.329 e. The average Bonchev–Trinajstić information content (AvgIpc) is 3.45. The summed E-state index contributed by atoms with van der Waals surface area (Å²) in [5.41, 5.74) is 2.53. The van der Waals surface area contributed by atoms with E-state index in [1.165, 1.54) is 6.20 Å². The fourth-order valence-corrected chi connectivity index (χ4v) is 8.20. The van der Waals surface area contributed by atoms with E-state index in [9.17, 15) is 33.6 Å². The van der Waals surface area contributed by atoms with Crippen molar-refractivity contribution in [1.29, 1.82) is 0 Å². The molecule has 3 aliphatic rings. The first-order valence-corrected chi connectivity index (χ1v) is 19.4. The number of imide groups is 3. The Balaban J connectivity index is 0.846. The molecule has 2 aliphatic heterocycles. The normalized spacial score (nSPS) is 20.2. The van der Waals surface area contributed by atoms with Crippen molar-refractivity contribution in [2.45, 2.75) is 75.8 Å². The zero-order valence-corrected chi connectivity index (χ0v) is 32.1. The minimum atomic E-state index is -1.03. The highest BCUT2D eigenvalue weighted by Crippen LogP contribution is 2.50. The fourth-order valence-electron chi connectivity index (χ4n) is 7.91. The van der Waals surface area contributed by atoms with Gasteiger partial charge in [-0.25, -0.2) is 9.69 Å². The number of halogens is 1. The second-order valence-corrected chi connectivity index (χ2v) is 15.2. The van der Waals surface area contributed by atoms with Crippen molar-refractivity contribution in [3.63, 3.8) is 0 Å². The van der Waals surface area contributed by atoms with Crippen LogP contribution in [0.2, 0.25) is 5.02 Å². The molecule has 14 nitrogen and oxygen atoms in total. The number of piperidine rings is 1. The SMILES string of the molecule is Cc1cc(NCCCCCCNC(=O)c2ccc3c(N4C(=O)NC5(CC(c6ccccc6Cl)C5)C4=O)cncc3c2)ccc1C(=O)N(C=O)C1CCC(=O)NC1=O. The van der Waals surface area contributed by atoms with E-state index in [0.717, 1.165) is 46.7 Å². The highest BCUT2D eigenvalue weighted by Gasteiger charge is 2.59. The summed E-state index contributed by atoms with van der Waals surface area (Å²) in [6.07, 6.45) is 7.97. The summed E-state index contributed by atoms with van der Waals surface area (Å²) in [6, 6.07) is 16.3. The van der Waals surface area contributed by atoms with Crippen molar-refractivity contribution in [2.75, 3.05) is 23.3 Å². The molecule has 2 saturated heterocycles. The molecule has 0 bridgehead atoms. The van der Waals surface area contributed by atoms with Gasteiger partial charge in [0, 0.05) is 58.3 Å². The predicted octanol–water partition coefficient (Wildman–Crippen LogP) is 5.38. The molecule has 7 rings (SSSR count). The van der Waals surface area contributed by atoms with Gasteiger partial charge in [-0.3, -0.25) is 44.0 Å². The number of unbranched alkanes of at least 4 members (excludes halogenated alkanes) is 3. The van der Waals surface area contributed by atoms with Crippen molar-refractivity contribution in [2.24, 2.45) is 0 Å². The molecule has 4 aromatic rings. The lowest BCUT2D eigenvalue weighted by Crippen LogP contribution is -2.56. The van der Waals surface area contributed by atoms with Crippen LogP contribution in [-0.2, 0) is 19.2 Å². The highest BCUT2D eigenvalue weighted by molar-refractivity contribution is 6.31. The molecule has 15 heteroatoms. The van der Waals surface area contributed by atoms with Gasteiger partial charge in [-0.1, -0.05) is 48.7 Å². The van der Waals surface area contributed by atoms with Gasteiger partial charge in [0.1, 0.15) is 11.6 Å². The number of urea groups is 1. The number of nitrogens with zero attached hydrogens (tertiary/aromatic N) is 3. The summed E-state index contributed by atoms with van der Waals surface area (Å²) in [7, 11) is 0. The minimum Gasteiger partial charge on any atom is -0.385 e. The molecule has 0 radical (unpaired) electrons. The second kappa shape index (κ2) is 16.5. The largest absolute Gasteiger partial charge is 0.385 e. The van der Waals surface area contributed by atoms with Crippen LogP contribution in [0.3, 0.4) is 0 Å². The lowest BCUT2D eigenvalue weighted by Gasteiger charge is -2.43. The Kier molecular flexibility index (Phi) is 11.3. The standard InChI is InChI=1S/C42H42ClN7O7/c1-25-18-29(11-13-30(25)39(55)49(24-51)34-14-15-36(52)47-38(34)54)45-16-6-2-3-7-17-46-37(53)26-10-12-32-27(19-26)22-44-23-35(32)50-40(56)42(48-41(50)57)20-28(21-42)31-8-4-5-9-33(31)43/h4-5,8-13,18-19,22-24,28,34,45H,2-3,6-7,14-17,20-21H2,1H3,(H,46,53)(H,48,57)(H,47,52,54). The van der Waals surface area contributed by atoms with Crippen molar-refractivity contribution in [3.05, 3.63) is 100 Å². The Bertz CT molecular complexity index is 2290. The zero-order valence-electron chi connectivity index (χ0n) is 31.3. The number of carbonyl (C=O) groups is 7. The number of anilines is 2. The molecule has 1 aliphatic carbocycles. The van der Waals surface area contributed by atoms with Gasteiger partial charge in [0.15, 0.2) is 0 Å². The molecule has 3 fully saturated rings. The summed E-state index contributed by atoms with van der Waals surface area (Å²) >= 11 is 6.39. The molecule has 3 aromatic carbocycles. The second-order valence-electron chi connectivity index (χ2n) is 14.8. The van der Waals surface area contributed by atoms with Gasteiger partial charge in [0.25, 0.3) is 17.7 Å². The van der Waals surface area contributed by atoms with Crippen molar-refractivity contribution in [1.82, 2.24) is 25.8 Å². The van der Waals surface area contributed by atoms with Gasteiger partial charge >= 0.3 is 6.03 Å². The Labute approximate surface area is 333 Å². The molecule has 1 unspecified atom stereocenters. The number of aryl methyl sites for hydroxylation is 1. The summed E-state index contributed by atoms with van der Waals surface area (Å²) < 4.78 is 0. The Morgan fingerprint density at radius 1 is 0.982 bits per heavy atom. The van der Waals surface area contributed by atoms with E-state index in [1.54, 1.807) is 43.5 Å². The van der Waals surface area contributed by atoms with Gasteiger partial charge in [0.05, 0.1) is 11.9 Å². The van der Waals surface area contributed by atoms with Crippen LogP contribution < -0.4 is 26.2 Å². The Hall–Kier alpha value is -6.15. The Morgan fingerprint density at radius 3 is 2.49 bits per heavy atom. The number of pyridine rings is 1. The van der Waals surface area contributed by atoms with Gasteiger partial charge in [-0.15, -0.1) is 0 Å². The van der Waals surface area contributed by atoms with E-state index < -0.39 is 35.3 Å². The van der Waals surface area contributed by atoms with Crippen LogP contribution in [-0.4, -0.2) is 76.5 Å². The van der Waals surface area contributed by atoms with Crippen molar-refractivity contribution >= 4 is 75.7 Å². The molecular formula is C42H42ClN7O7. The third-order valence-corrected chi connectivity index (χ3v) is 11.4. The number of amides is 8. The molecule has 57 heavy (non-hydrogen) atoms. The maximum absolute atomic E-state index is 13.7. The van der Waals surface area contributed by atoms with Gasteiger partial charge < -0.3 is 16.0 Å². The van der Waals surface area contributed by atoms with E-state index in [2.05, 4.69) is 26.3 Å². The van der Waals surface area contributed by atoms with Crippen LogP contribution in [0.5, 0.6) is 0 Å². The first-order valence-electron chi connectivity index (χ1n) is 19.0. The van der Waals surface area contributed by atoms with E-state index >= 15 is 0 Å². The van der Waals surface area contributed by atoms with Crippen LogP contribution in [0.4, 0.5) is 16.2 Å². The number of nitrogens with one attached hydrogen (secondary N) is 4. The topological polar surface area (TPSA) is 187 Å². The monoisotopic (exact) mass is 791 g/mol. The third kappa shape index (κ3) is 7.95. The van der Waals surface area contributed by atoms with Gasteiger partial charge in [-0.05, 0) is 92.5 Å². The quantitative estimate of drug-likeness (QED) is 0.0564. The Morgan fingerprint density at radius 2 is 1.75 bits per heavy atom. The van der Waals surface area contributed by atoms with E-state index in [0.29, 0.717) is 70.5 Å². The van der Waals surface area contributed by atoms with Crippen LogP contribution >= 0.6 is 11.6 Å². The summed E-state index contributed by atoms with van der Waals surface area (Å²) in [4.78, 5) is 94.8. The molecule has 1 aromatic heterocycles. The van der Waals surface area contributed by atoms with Crippen molar-refractivity contribution < 1.29 is 33.6 Å². The summed E-state index contributed by atoms with van der Waals surface area (Å²) in [6.45, 7) is 2.94. The maximum atomic E-state index is 13.7. The van der Waals surface area contributed by atoms with E-state index in [1.807, 2.05) is 30.3 Å². The number of hydrogen-bond acceptors (Lipinski definition) is 9. The lowest BCUT2D eigenvalue weighted by atomic mass is 9.65. The number of rotatable bonds is 14. The fraction of sp³-hybridized carbons (Fsp3) is 0.333. The molecule has 3 heterocycles. The third-order valence-electron chi connectivity index (χ3n) is 11.0. The number of benzene rings is 3. The van der Waals surface area contributed by atoms with Crippen LogP contribution in [0.15, 0.2) is 73.1 Å². The average molecular weight is 792 g/mol. The summed E-state index contributed by atoms with van der Waals surface area (Å²) in [5.74, 6) is -2.18. The number of fused-ring (bicyclic) bond motifs is 1. The molecule has 1 spiro atoms. The van der Waals surface area contributed by atoms with E-state index in [4.69, 9.17) is 11.6 Å². The highest BCUT2D eigenvalue weighted by atomic mass is 35.5. The molecular weight excluding hydrogens is 750 g/mol. The van der Waals surface area contributed by atoms with Crippen LogP contribution in [0.25, 0.3) is 10.8 Å². The molecule has 8 amide bonds. The molecule has 294 valence electrons. The number of hydrogen-bond donors (Lipinski definition) is 4. The molecule has 4 N–H and O–H groups in total. The first kappa shape index (κ1) is 39.1.